The van der Waals surface area contributed by atoms with Crippen LogP contribution in [0, 0.1) is 5.92 Å². The molecule has 0 saturated carbocycles. The molecule has 0 bridgehead atoms. The standard InChI is InChI=1S/C4H6FNO4S/c5-1-3-2-6(4(3)7)11(8,9)10/h3H,1-2H2,(H,8,9,10). The fourth-order valence-corrected chi connectivity index (χ4v) is 1.53. The zero-order valence-electron chi connectivity index (χ0n) is 5.40. The summed E-state index contributed by atoms with van der Waals surface area (Å²) in [7, 11) is -4.44. The van der Waals surface area contributed by atoms with Crippen LogP contribution < -0.4 is 0 Å². The van der Waals surface area contributed by atoms with Crippen molar-refractivity contribution in [2.24, 2.45) is 5.92 Å². The number of alkyl halides is 1. The van der Waals surface area contributed by atoms with Crippen LogP contribution in [0.15, 0.2) is 0 Å². The summed E-state index contributed by atoms with van der Waals surface area (Å²) < 4.78 is 40.7. The Balaban J connectivity index is 2.66. The molecule has 0 aromatic rings. The predicted octanol–water partition coefficient (Wildman–Crippen LogP) is -0.783. The first-order chi connectivity index (χ1) is 4.96. The summed E-state index contributed by atoms with van der Waals surface area (Å²) in [5, 5.41) is 0. The Bertz CT molecular complexity index is 274. The van der Waals surface area contributed by atoms with Crippen molar-refractivity contribution < 1.29 is 22.2 Å². The molecule has 1 rings (SSSR count). The molecule has 1 aliphatic heterocycles. The number of hydrogen-bond acceptors (Lipinski definition) is 3. The monoisotopic (exact) mass is 183 g/mol. The number of β-lactam (4-membered cyclic amide) rings is 1. The Hall–Kier alpha value is -0.690. The fourth-order valence-electron chi connectivity index (χ4n) is 0.782. The van der Waals surface area contributed by atoms with E-state index in [1.807, 2.05) is 0 Å². The lowest BCUT2D eigenvalue weighted by atomic mass is 10.1. The van der Waals surface area contributed by atoms with Crippen LogP contribution in [-0.4, -0.2) is 36.4 Å². The quantitative estimate of drug-likeness (QED) is 0.450. The summed E-state index contributed by atoms with van der Waals surface area (Å²) in [6.45, 7) is -1.14. The Morgan fingerprint density at radius 3 is 2.55 bits per heavy atom. The zero-order valence-corrected chi connectivity index (χ0v) is 6.21. The topological polar surface area (TPSA) is 74.7 Å². The van der Waals surface area contributed by atoms with Crippen molar-refractivity contribution in [1.29, 1.82) is 0 Å². The van der Waals surface area contributed by atoms with Gasteiger partial charge in [0.25, 0.3) is 0 Å². The van der Waals surface area contributed by atoms with Crippen LogP contribution in [0.4, 0.5) is 4.39 Å². The van der Waals surface area contributed by atoms with Crippen molar-refractivity contribution in [1.82, 2.24) is 4.31 Å². The molecular weight excluding hydrogens is 177 g/mol. The zero-order chi connectivity index (χ0) is 8.65. The molecule has 1 aliphatic rings. The van der Waals surface area contributed by atoms with Crippen LogP contribution in [0.2, 0.25) is 0 Å². The van der Waals surface area contributed by atoms with E-state index in [1.54, 1.807) is 0 Å². The predicted molar refractivity (Wildman–Crippen MR) is 32.7 cm³/mol. The van der Waals surface area contributed by atoms with Crippen molar-refractivity contribution in [2.45, 2.75) is 0 Å². The maximum absolute atomic E-state index is 11.7. The largest absolute Gasteiger partial charge is 0.362 e. The van der Waals surface area contributed by atoms with Gasteiger partial charge in [0.1, 0.15) is 6.67 Å². The van der Waals surface area contributed by atoms with Crippen molar-refractivity contribution in [3.05, 3.63) is 0 Å². The van der Waals surface area contributed by atoms with Gasteiger partial charge in [-0.25, -0.2) is 4.31 Å². The van der Waals surface area contributed by atoms with Gasteiger partial charge in [-0.2, -0.15) is 8.42 Å². The van der Waals surface area contributed by atoms with Crippen molar-refractivity contribution in [3.8, 4) is 0 Å². The summed E-state index contributed by atoms with van der Waals surface area (Å²) in [6.07, 6.45) is 0. The van der Waals surface area contributed by atoms with Gasteiger partial charge in [-0.05, 0) is 0 Å². The Kier molecular flexibility index (Phi) is 1.85. The van der Waals surface area contributed by atoms with Crippen LogP contribution in [0.25, 0.3) is 0 Å². The molecule has 1 unspecified atom stereocenters. The van der Waals surface area contributed by atoms with Crippen molar-refractivity contribution in [3.63, 3.8) is 0 Å². The minimum Gasteiger partial charge on any atom is -0.273 e. The third kappa shape index (κ3) is 1.33. The third-order valence-electron chi connectivity index (χ3n) is 1.45. The van der Waals surface area contributed by atoms with Crippen LogP contribution in [0.5, 0.6) is 0 Å². The molecule has 1 saturated heterocycles. The van der Waals surface area contributed by atoms with Crippen LogP contribution in [0.1, 0.15) is 0 Å². The molecule has 1 atom stereocenters. The minimum atomic E-state index is -4.44. The van der Waals surface area contributed by atoms with Crippen LogP contribution >= 0.6 is 0 Å². The molecule has 1 heterocycles. The normalized spacial score (nSPS) is 25.1. The van der Waals surface area contributed by atoms with E-state index in [9.17, 15) is 17.6 Å². The van der Waals surface area contributed by atoms with E-state index >= 15 is 0 Å². The maximum atomic E-state index is 11.7. The summed E-state index contributed by atoms with van der Waals surface area (Å²) in [5.74, 6) is -1.77. The first-order valence-electron chi connectivity index (χ1n) is 2.81. The number of rotatable bonds is 2. The molecule has 0 radical (unpaired) electrons. The van der Waals surface area contributed by atoms with E-state index < -0.39 is 28.8 Å². The number of amides is 1. The van der Waals surface area contributed by atoms with Gasteiger partial charge in [0.15, 0.2) is 0 Å². The SMILES string of the molecule is O=C1C(CF)CN1S(=O)(=O)O. The van der Waals surface area contributed by atoms with Crippen molar-refractivity contribution in [2.75, 3.05) is 13.2 Å². The summed E-state index contributed by atoms with van der Waals surface area (Å²) in [6, 6.07) is 0. The molecule has 1 fully saturated rings. The fraction of sp³-hybridized carbons (Fsp3) is 0.750. The summed E-state index contributed by atoms with van der Waals surface area (Å²) in [4.78, 5) is 10.6. The number of carbonyl (C=O) groups is 1. The van der Waals surface area contributed by atoms with Gasteiger partial charge in [0.05, 0.1) is 12.5 Å². The molecule has 0 aromatic carbocycles. The van der Waals surface area contributed by atoms with Gasteiger partial charge in [-0.3, -0.25) is 13.7 Å². The highest BCUT2D eigenvalue weighted by molar-refractivity contribution is 7.84. The van der Waals surface area contributed by atoms with Gasteiger partial charge in [0, 0.05) is 0 Å². The molecule has 7 heteroatoms. The van der Waals surface area contributed by atoms with Crippen LogP contribution in [0.3, 0.4) is 0 Å². The Morgan fingerprint density at radius 1 is 1.73 bits per heavy atom. The smallest absolute Gasteiger partial charge is 0.273 e. The number of carbonyl (C=O) groups excluding carboxylic acids is 1. The lowest BCUT2D eigenvalue weighted by Crippen LogP contribution is -2.55. The molecule has 5 nitrogen and oxygen atoms in total. The van der Waals surface area contributed by atoms with E-state index in [4.69, 9.17) is 4.55 Å². The second-order valence-corrected chi connectivity index (χ2v) is 3.53. The highest BCUT2D eigenvalue weighted by atomic mass is 32.2. The Labute approximate surface area is 62.7 Å². The molecule has 0 aliphatic carbocycles. The van der Waals surface area contributed by atoms with E-state index in [2.05, 4.69) is 0 Å². The molecule has 0 spiro atoms. The average Bonchev–Trinajstić information content (AvgIpc) is 1.83. The first kappa shape index (κ1) is 8.41. The van der Waals surface area contributed by atoms with E-state index in [0.717, 1.165) is 0 Å². The highest BCUT2D eigenvalue weighted by Crippen LogP contribution is 2.20. The second-order valence-electron chi connectivity index (χ2n) is 2.20. The molecule has 1 amide bonds. The van der Waals surface area contributed by atoms with Crippen LogP contribution in [-0.2, 0) is 15.1 Å². The lowest BCUT2D eigenvalue weighted by molar-refractivity contribution is -0.141. The lowest BCUT2D eigenvalue weighted by Gasteiger charge is -2.33. The summed E-state index contributed by atoms with van der Waals surface area (Å²) in [5.41, 5.74) is 0. The minimum absolute atomic E-state index is 0.233. The van der Waals surface area contributed by atoms with E-state index in [1.165, 1.54) is 0 Å². The maximum Gasteiger partial charge on any atom is 0.362 e. The summed E-state index contributed by atoms with van der Waals surface area (Å²) >= 11 is 0. The number of hydrogen-bond donors (Lipinski definition) is 1. The molecular formula is C4H6FNO4S. The molecule has 64 valence electrons. The second kappa shape index (κ2) is 2.42. The first-order valence-corrected chi connectivity index (χ1v) is 4.21. The Morgan fingerprint density at radius 2 is 2.27 bits per heavy atom. The molecule has 0 aromatic heterocycles. The third-order valence-corrected chi connectivity index (χ3v) is 2.33. The van der Waals surface area contributed by atoms with E-state index in [-0.39, 0.29) is 10.8 Å². The van der Waals surface area contributed by atoms with Crippen molar-refractivity contribution >= 4 is 16.2 Å². The van der Waals surface area contributed by atoms with Gasteiger partial charge in [-0.1, -0.05) is 0 Å². The average molecular weight is 183 g/mol. The molecule has 11 heavy (non-hydrogen) atoms. The molecule has 1 N–H and O–H groups in total. The highest BCUT2D eigenvalue weighted by Gasteiger charge is 2.43. The van der Waals surface area contributed by atoms with Gasteiger partial charge < -0.3 is 0 Å². The van der Waals surface area contributed by atoms with E-state index in [0.29, 0.717) is 0 Å². The number of halogens is 1. The number of nitrogens with zero attached hydrogens (tertiary/aromatic N) is 1. The van der Waals surface area contributed by atoms with Gasteiger partial charge in [-0.15, -0.1) is 0 Å². The van der Waals surface area contributed by atoms with Gasteiger partial charge >= 0.3 is 10.3 Å². The van der Waals surface area contributed by atoms with Gasteiger partial charge in [0.2, 0.25) is 5.91 Å².